The lowest BCUT2D eigenvalue weighted by atomic mass is 10.1. The minimum Gasteiger partial charge on any atom is -0.842 e. The van der Waals surface area contributed by atoms with Crippen LogP contribution in [0.5, 0.6) is 5.88 Å². The van der Waals surface area contributed by atoms with Gasteiger partial charge in [-0.05, 0) is 41.2 Å². The van der Waals surface area contributed by atoms with Crippen molar-refractivity contribution in [1.29, 1.82) is 0 Å². The van der Waals surface area contributed by atoms with Crippen LogP contribution in [-0.4, -0.2) is 4.57 Å². The molecular weight excluding hydrogens is 368 g/mol. The van der Waals surface area contributed by atoms with Gasteiger partial charge in [-0.25, -0.2) is 4.79 Å². The van der Waals surface area contributed by atoms with Crippen molar-refractivity contribution in [3.05, 3.63) is 106 Å². The molecule has 0 atom stereocenters. The lowest BCUT2D eigenvalue weighted by Gasteiger charge is -2.13. The molecule has 0 spiro atoms. The Labute approximate surface area is 165 Å². The summed E-state index contributed by atoms with van der Waals surface area (Å²) in [6.45, 7) is 0. The highest BCUT2D eigenvalue weighted by Gasteiger charge is 2.24. The first-order valence-corrected chi connectivity index (χ1v) is 9.83. The summed E-state index contributed by atoms with van der Waals surface area (Å²) in [6, 6.07) is 26.9. The van der Waals surface area contributed by atoms with Crippen molar-refractivity contribution in [3.63, 3.8) is 0 Å². The number of nitrogens with zero attached hydrogens (tertiary/aromatic N) is 2. The highest BCUT2D eigenvalue weighted by molar-refractivity contribution is 7.23. The lowest BCUT2D eigenvalue weighted by Crippen LogP contribution is -2.38. The van der Waals surface area contributed by atoms with Gasteiger partial charge in [-0.1, -0.05) is 60.7 Å². The predicted molar refractivity (Wildman–Crippen MR) is 109 cm³/mol. The molecule has 0 unspecified atom stereocenters. The van der Waals surface area contributed by atoms with Crippen LogP contribution in [0, 0.1) is 0 Å². The van der Waals surface area contributed by atoms with Gasteiger partial charge in [0.05, 0.1) is 16.1 Å². The van der Waals surface area contributed by atoms with Gasteiger partial charge in [-0.15, -0.1) is 4.57 Å². The first-order chi connectivity index (χ1) is 13.7. The number of rotatable bonds is 3. The molecule has 3 aromatic carbocycles. The van der Waals surface area contributed by atoms with Gasteiger partial charge in [-0.2, -0.15) is 4.40 Å². The molecule has 0 aliphatic rings. The van der Waals surface area contributed by atoms with Gasteiger partial charge in [0.25, 0.3) is 0 Å². The van der Waals surface area contributed by atoms with Crippen LogP contribution in [0.3, 0.4) is 0 Å². The molecule has 0 radical (unpaired) electrons. The standard InChI is InChI=1S/C23H16N2O2S/c26-21-18(15-16-9-3-1-4-10-16)22(27)25-19-13-7-8-14-20(19)28-23(25)24(21)17-11-5-2-6-12-17/h1-14H,15H2. The summed E-state index contributed by atoms with van der Waals surface area (Å²) in [6.07, 6.45) is 0.304. The fraction of sp³-hybridized carbons (Fsp3) is 0.0435. The van der Waals surface area contributed by atoms with E-state index < -0.39 is 0 Å². The molecule has 0 fully saturated rings. The monoisotopic (exact) mass is 384 g/mol. The second kappa shape index (κ2) is 6.62. The zero-order valence-corrected chi connectivity index (χ0v) is 15.7. The maximum Gasteiger partial charge on any atom is 0.354 e. The Balaban J connectivity index is 1.90. The number of benzene rings is 3. The number of hydrogen-bond donors (Lipinski definition) is 0. The largest absolute Gasteiger partial charge is 0.842 e. The summed E-state index contributed by atoms with van der Waals surface area (Å²) >= 11 is 1.45. The highest BCUT2D eigenvalue weighted by atomic mass is 32.1. The average Bonchev–Trinajstić information content (AvgIpc) is 3.12. The van der Waals surface area contributed by atoms with Crippen LogP contribution in [0.4, 0.5) is 0 Å². The number of para-hydroxylation sites is 2. The normalized spacial score (nSPS) is 11.3. The number of aromatic nitrogens is 2. The molecule has 0 N–H and O–H groups in total. The van der Waals surface area contributed by atoms with Crippen molar-refractivity contribution in [2.45, 2.75) is 6.42 Å². The quantitative estimate of drug-likeness (QED) is 0.447. The molecule has 2 aromatic heterocycles. The molecule has 0 saturated heterocycles. The molecular formula is C23H16N2O2S. The van der Waals surface area contributed by atoms with E-state index in [-0.39, 0.29) is 17.0 Å². The Hall–Kier alpha value is -3.44. The zero-order valence-electron chi connectivity index (χ0n) is 14.9. The van der Waals surface area contributed by atoms with E-state index >= 15 is 0 Å². The minimum atomic E-state index is -0.258. The van der Waals surface area contributed by atoms with E-state index in [0.717, 1.165) is 21.5 Å². The van der Waals surface area contributed by atoms with Crippen molar-refractivity contribution in [3.8, 4) is 11.6 Å². The topological polar surface area (TPSA) is 49.2 Å². The third kappa shape index (κ3) is 2.60. The molecule has 0 amide bonds. The lowest BCUT2D eigenvalue weighted by molar-refractivity contribution is -0.564. The van der Waals surface area contributed by atoms with Crippen LogP contribution >= 0.6 is 11.3 Å². The fourth-order valence-corrected chi connectivity index (χ4v) is 4.68. The maximum atomic E-state index is 13.4. The van der Waals surface area contributed by atoms with Crippen LogP contribution in [0.25, 0.3) is 20.9 Å². The Morgan fingerprint density at radius 2 is 1.50 bits per heavy atom. The van der Waals surface area contributed by atoms with Gasteiger partial charge in [0.2, 0.25) is 0 Å². The number of hydrogen-bond acceptors (Lipinski definition) is 3. The molecule has 5 heteroatoms. The van der Waals surface area contributed by atoms with Crippen LogP contribution < -0.4 is 15.1 Å². The zero-order chi connectivity index (χ0) is 19.1. The molecule has 0 bridgehead atoms. The molecule has 0 aliphatic heterocycles. The Bertz CT molecular complexity index is 1360. The number of thiazole rings is 1. The van der Waals surface area contributed by atoms with Gasteiger partial charge in [0.15, 0.2) is 0 Å². The van der Waals surface area contributed by atoms with Gasteiger partial charge in [0, 0.05) is 6.42 Å². The molecule has 136 valence electrons. The van der Waals surface area contributed by atoms with E-state index in [4.69, 9.17) is 0 Å². The summed E-state index contributed by atoms with van der Waals surface area (Å²) in [7, 11) is 0. The Kier molecular flexibility index (Phi) is 3.95. The van der Waals surface area contributed by atoms with Crippen LogP contribution in [0.1, 0.15) is 11.1 Å². The number of fused-ring (bicyclic) bond motifs is 3. The van der Waals surface area contributed by atoms with Gasteiger partial charge >= 0.3 is 10.5 Å². The van der Waals surface area contributed by atoms with Gasteiger partial charge in [0.1, 0.15) is 11.2 Å². The fourth-order valence-electron chi connectivity index (χ4n) is 3.52. The smallest absolute Gasteiger partial charge is 0.354 e. The highest BCUT2D eigenvalue weighted by Crippen LogP contribution is 2.25. The summed E-state index contributed by atoms with van der Waals surface area (Å²) in [5, 5.41) is 13.4. The second-order valence-electron chi connectivity index (χ2n) is 6.61. The molecule has 0 aliphatic carbocycles. The first-order valence-electron chi connectivity index (χ1n) is 9.01. The second-order valence-corrected chi connectivity index (χ2v) is 7.62. The van der Waals surface area contributed by atoms with Gasteiger partial charge < -0.3 is 5.11 Å². The van der Waals surface area contributed by atoms with Crippen molar-refractivity contribution in [2.24, 2.45) is 0 Å². The first kappa shape index (κ1) is 16.7. The summed E-state index contributed by atoms with van der Waals surface area (Å²) in [5.41, 5.74) is 2.54. The third-order valence-electron chi connectivity index (χ3n) is 4.85. The van der Waals surface area contributed by atoms with Crippen molar-refractivity contribution in [2.75, 3.05) is 0 Å². The molecule has 5 aromatic rings. The summed E-state index contributed by atoms with van der Waals surface area (Å²) in [4.78, 5) is 14.1. The predicted octanol–water partition coefficient (Wildman–Crippen LogP) is 3.46. The molecule has 2 heterocycles. The molecule has 5 rings (SSSR count). The van der Waals surface area contributed by atoms with Crippen molar-refractivity contribution in [1.82, 2.24) is 4.57 Å². The van der Waals surface area contributed by atoms with E-state index in [0.29, 0.717) is 11.4 Å². The van der Waals surface area contributed by atoms with E-state index in [9.17, 15) is 9.90 Å². The van der Waals surface area contributed by atoms with Crippen molar-refractivity contribution < 1.29 is 9.51 Å². The van der Waals surface area contributed by atoms with E-state index in [1.54, 1.807) is 8.97 Å². The van der Waals surface area contributed by atoms with Crippen molar-refractivity contribution >= 4 is 26.5 Å². The van der Waals surface area contributed by atoms with E-state index in [1.165, 1.54) is 11.3 Å². The van der Waals surface area contributed by atoms with Crippen LogP contribution in [-0.2, 0) is 6.42 Å². The molecule has 0 saturated carbocycles. The van der Waals surface area contributed by atoms with E-state index in [1.807, 2.05) is 84.9 Å². The Morgan fingerprint density at radius 1 is 0.857 bits per heavy atom. The third-order valence-corrected chi connectivity index (χ3v) is 5.96. The molecule has 4 nitrogen and oxygen atoms in total. The SMILES string of the molecule is O=c1c(Cc2ccccc2)c([O-])[n+]2c3ccccc3sc2n1-c1ccccc1. The maximum absolute atomic E-state index is 13.4. The van der Waals surface area contributed by atoms with Crippen LogP contribution in [0.2, 0.25) is 0 Å². The summed E-state index contributed by atoms with van der Waals surface area (Å²) < 4.78 is 4.30. The van der Waals surface area contributed by atoms with Crippen LogP contribution in [0.15, 0.2) is 89.7 Å². The summed E-state index contributed by atoms with van der Waals surface area (Å²) in [5.74, 6) is -0.242. The minimum absolute atomic E-state index is 0.242. The Morgan fingerprint density at radius 3 is 2.25 bits per heavy atom. The van der Waals surface area contributed by atoms with E-state index in [2.05, 4.69) is 0 Å². The average molecular weight is 384 g/mol. The van der Waals surface area contributed by atoms with Gasteiger partial charge in [-0.3, -0.25) is 0 Å². The molecule has 28 heavy (non-hydrogen) atoms.